The van der Waals surface area contributed by atoms with Gasteiger partial charge in [-0.1, -0.05) is 0 Å². The Morgan fingerprint density at radius 2 is 2.38 bits per heavy atom. The van der Waals surface area contributed by atoms with Gasteiger partial charge in [-0.15, -0.1) is 0 Å². The minimum absolute atomic E-state index is 0.0522. The molecular formula is C14H16N6O. The van der Waals surface area contributed by atoms with Crippen LogP contribution in [0.3, 0.4) is 0 Å². The standard InChI is InChI=1S/C14H16N6O/c1-20-12(2-4-19-20)14-10(3-5-21-14)7-17-13-9-16-11(6-15)8-18-13/h2,4,8-10,14H,3,5,7H2,1H3,(H,17,18)/t10-,14+/m0/s1. The number of hydrogen-bond acceptors (Lipinski definition) is 6. The predicted octanol–water partition coefficient (Wildman–Crippen LogP) is 1.27. The number of aromatic nitrogens is 4. The summed E-state index contributed by atoms with van der Waals surface area (Å²) in [5.74, 6) is 1.03. The lowest BCUT2D eigenvalue weighted by molar-refractivity contribution is 0.0866. The summed E-state index contributed by atoms with van der Waals surface area (Å²) < 4.78 is 7.69. The molecule has 21 heavy (non-hydrogen) atoms. The molecule has 0 saturated carbocycles. The Balaban J connectivity index is 1.64. The van der Waals surface area contributed by atoms with E-state index in [9.17, 15) is 0 Å². The van der Waals surface area contributed by atoms with Crippen molar-refractivity contribution in [1.82, 2.24) is 19.7 Å². The van der Waals surface area contributed by atoms with E-state index in [1.54, 1.807) is 12.4 Å². The second-order valence-electron chi connectivity index (χ2n) is 5.00. The van der Waals surface area contributed by atoms with Gasteiger partial charge in [-0.2, -0.15) is 10.4 Å². The second kappa shape index (κ2) is 5.89. The van der Waals surface area contributed by atoms with Crippen molar-refractivity contribution in [1.29, 1.82) is 5.26 Å². The summed E-state index contributed by atoms with van der Waals surface area (Å²) in [4.78, 5) is 8.16. The monoisotopic (exact) mass is 284 g/mol. The summed E-state index contributed by atoms with van der Waals surface area (Å²) in [6.07, 6.45) is 5.87. The molecule has 0 bridgehead atoms. The van der Waals surface area contributed by atoms with Crippen LogP contribution >= 0.6 is 0 Å². The number of anilines is 1. The van der Waals surface area contributed by atoms with E-state index in [4.69, 9.17) is 10.00 Å². The molecule has 1 N–H and O–H groups in total. The number of rotatable bonds is 4. The lowest BCUT2D eigenvalue weighted by atomic mass is 9.99. The highest BCUT2D eigenvalue weighted by Crippen LogP contribution is 2.34. The zero-order valence-corrected chi connectivity index (χ0v) is 11.7. The van der Waals surface area contributed by atoms with Crippen molar-refractivity contribution in [3.8, 4) is 6.07 Å². The Labute approximate surface area is 122 Å². The molecule has 0 aliphatic carbocycles. The zero-order valence-electron chi connectivity index (χ0n) is 11.7. The highest BCUT2D eigenvalue weighted by molar-refractivity contribution is 5.33. The molecule has 2 atom stereocenters. The lowest BCUT2D eigenvalue weighted by Crippen LogP contribution is -2.20. The van der Waals surface area contributed by atoms with Crippen LogP contribution < -0.4 is 5.32 Å². The van der Waals surface area contributed by atoms with E-state index >= 15 is 0 Å². The summed E-state index contributed by atoms with van der Waals surface area (Å²) >= 11 is 0. The lowest BCUT2D eigenvalue weighted by Gasteiger charge is -2.19. The number of ether oxygens (including phenoxy) is 1. The largest absolute Gasteiger partial charge is 0.372 e. The van der Waals surface area contributed by atoms with Gasteiger partial charge in [-0.25, -0.2) is 9.97 Å². The quantitative estimate of drug-likeness (QED) is 0.909. The molecule has 2 aromatic rings. The van der Waals surface area contributed by atoms with E-state index in [1.165, 1.54) is 6.20 Å². The van der Waals surface area contributed by atoms with Crippen LogP contribution in [0.25, 0.3) is 0 Å². The van der Waals surface area contributed by atoms with Crippen LogP contribution in [-0.2, 0) is 11.8 Å². The van der Waals surface area contributed by atoms with Crippen molar-refractivity contribution in [3.05, 3.63) is 36.0 Å². The summed E-state index contributed by atoms with van der Waals surface area (Å²) in [5, 5.41) is 16.2. The van der Waals surface area contributed by atoms with E-state index in [-0.39, 0.29) is 6.10 Å². The molecular weight excluding hydrogens is 268 g/mol. The fraction of sp³-hybridized carbons (Fsp3) is 0.429. The Bertz CT molecular complexity index is 644. The van der Waals surface area contributed by atoms with Crippen LogP contribution in [0, 0.1) is 17.2 Å². The molecule has 0 amide bonds. The molecule has 1 saturated heterocycles. The number of nitrogens with one attached hydrogen (secondary N) is 1. The van der Waals surface area contributed by atoms with E-state index in [1.807, 2.05) is 23.9 Å². The van der Waals surface area contributed by atoms with E-state index < -0.39 is 0 Å². The number of nitriles is 1. The molecule has 0 radical (unpaired) electrons. The number of hydrogen-bond donors (Lipinski definition) is 1. The molecule has 1 fully saturated rings. The summed E-state index contributed by atoms with van der Waals surface area (Å²) in [7, 11) is 1.92. The first-order chi connectivity index (χ1) is 10.3. The maximum Gasteiger partial charge on any atom is 0.158 e. The molecule has 0 aromatic carbocycles. The average molecular weight is 284 g/mol. The third-order valence-corrected chi connectivity index (χ3v) is 3.68. The molecule has 7 heteroatoms. The summed E-state index contributed by atoms with van der Waals surface area (Å²) in [5.41, 5.74) is 1.41. The maximum atomic E-state index is 8.70. The van der Waals surface area contributed by atoms with Crippen LogP contribution in [0.2, 0.25) is 0 Å². The second-order valence-corrected chi connectivity index (χ2v) is 5.00. The highest BCUT2D eigenvalue weighted by Gasteiger charge is 2.31. The molecule has 1 aliphatic heterocycles. The Morgan fingerprint density at radius 3 is 3.05 bits per heavy atom. The Morgan fingerprint density at radius 1 is 1.48 bits per heavy atom. The van der Waals surface area contributed by atoms with Crippen LogP contribution in [0.5, 0.6) is 0 Å². The van der Waals surface area contributed by atoms with Gasteiger partial charge in [0, 0.05) is 32.3 Å². The molecule has 0 unspecified atom stereocenters. The minimum atomic E-state index is 0.0522. The first-order valence-electron chi connectivity index (χ1n) is 6.83. The van der Waals surface area contributed by atoms with Crippen molar-refractivity contribution in [3.63, 3.8) is 0 Å². The maximum absolute atomic E-state index is 8.70. The van der Waals surface area contributed by atoms with Gasteiger partial charge in [0.2, 0.25) is 0 Å². The van der Waals surface area contributed by atoms with Gasteiger partial charge in [0.05, 0.1) is 18.1 Å². The van der Waals surface area contributed by atoms with Gasteiger partial charge in [-0.05, 0) is 12.5 Å². The van der Waals surface area contributed by atoms with Crippen LogP contribution in [-0.4, -0.2) is 32.9 Å². The van der Waals surface area contributed by atoms with Gasteiger partial charge in [0.1, 0.15) is 18.0 Å². The van der Waals surface area contributed by atoms with Crippen LogP contribution in [0.4, 0.5) is 5.82 Å². The smallest absolute Gasteiger partial charge is 0.158 e. The fourth-order valence-corrected chi connectivity index (χ4v) is 2.55. The van der Waals surface area contributed by atoms with Crippen molar-refractivity contribution < 1.29 is 4.74 Å². The first kappa shape index (κ1) is 13.5. The summed E-state index contributed by atoms with van der Waals surface area (Å²) in [6, 6.07) is 3.94. The molecule has 1 aliphatic rings. The topological polar surface area (TPSA) is 88.6 Å². The minimum Gasteiger partial charge on any atom is -0.372 e. The highest BCUT2D eigenvalue weighted by atomic mass is 16.5. The van der Waals surface area contributed by atoms with Gasteiger partial charge in [0.25, 0.3) is 0 Å². The van der Waals surface area contributed by atoms with E-state index in [0.717, 1.165) is 25.3 Å². The fourth-order valence-electron chi connectivity index (χ4n) is 2.55. The molecule has 2 aromatic heterocycles. The molecule has 3 rings (SSSR count). The third-order valence-electron chi connectivity index (χ3n) is 3.68. The van der Waals surface area contributed by atoms with Gasteiger partial charge < -0.3 is 10.1 Å². The molecule has 3 heterocycles. The zero-order chi connectivity index (χ0) is 14.7. The van der Waals surface area contributed by atoms with Crippen LogP contribution in [0.1, 0.15) is 23.9 Å². The van der Waals surface area contributed by atoms with Crippen molar-refractivity contribution >= 4 is 5.82 Å². The molecule has 7 nitrogen and oxygen atoms in total. The number of aryl methyl sites for hydroxylation is 1. The third kappa shape index (κ3) is 2.85. The normalized spacial score (nSPS) is 21.1. The molecule has 108 valence electrons. The van der Waals surface area contributed by atoms with Crippen molar-refractivity contribution in [2.45, 2.75) is 12.5 Å². The van der Waals surface area contributed by atoms with Crippen molar-refractivity contribution in [2.24, 2.45) is 13.0 Å². The SMILES string of the molecule is Cn1nccc1[C@@H]1OCC[C@H]1CNc1cnc(C#N)cn1. The van der Waals surface area contributed by atoms with Crippen LogP contribution in [0.15, 0.2) is 24.7 Å². The number of nitrogens with zero attached hydrogens (tertiary/aromatic N) is 5. The van der Waals surface area contributed by atoms with Crippen molar-refractivity contribution in [2.75, 3.05) is 18.5 Å². The molecule has 0 spiro atoms. The first-order valence-corrected chi connectivity index (χ1v) is 6.83. The Kier molecular flexibility index (Phi) is 3.79. The Hall–Kier alpha value is -2.46. The van der Waals surface area contributed by atoms with E-state index in [2.05, 4.69) is 20.4 Å². The van der Waals surface area contributed by atoms with Gasteiger partial charge in [0.15, 0.2) is 5.69 Å². The predicted molar refractivity (Wildman–Crippen MR) is 75.2 cm³/mol. The summed E-state index contributed by atoms with van der Waals surface area (Å²) in [6.45, 7) is 1.50. The van der Waals surface area contributed by atoms with E-state index in [0.29, 0.717) is 17.4 Å². The van der Waals surface area contributed by atoms with Gasteiger partial charge in [-0.3, -0.25) is 4.68 Å². The van der Waals surface area contributed by atoms with Gasteiger partial charge >= 0.3 is 0 Å². The average Bonchev–Trinajstić information content (AvgIpc) is 3.13.